The fourth-order valence-corrected chi connectivity index (χ4v) is 14.6. The second kappa shape index (κ2) is 15.9. The lowest BCUT2D eigenvalue weighted by molar-refractivity contribution is 0.591. The molecule has 4 nitrogen and oxygen atoms in total. The van der Waals surface area contributed by atoms with Gasteiger partial charge in [-0.25, -0.2) is 0 Å². The number of nitrogens with zero attached hydrogens (tertiary/aromatic N) is 2. The number of furan rings is 2. The highest BCUT2D eigenvalue weighted by molar-refractivity contribution is 7.29. The van der Waals surface area contributed by atoms with Crippen LogP contribution in [0.5, 0.6) is 0 Å². The molecule has 6 heterocycles. The molecular weight excluding hydrogens is 916 g/mol. The van der Waals surface area contributed by atoms with Crippen LogP contribution < -0.4 is 26.2 Å². The molecule has 0 spiro atoms. The van der Waals surface area contributed by atoms with Gasteiger partial charge in [0.25, 0.3) is 6.71 Å². The predicted molar refractivity (Wildman–Crippen MR) is 312 cm³/mol. The molecule has 0 aliphatic carbocycles. The van der Waals surface area contributed by atoms with Crippen molar-refractivity contribution in [3.8, 4) is 22.3 Å². The van der Waals surface area contributed by atoms with E-state index in [9.17, 15) is 0 Å². The van der Waals surface area contributed by atoms with E-state index in [1.165, 1.54) is 119 Å². The molecule has 2 aliphatic heterocycles. The second-order valence-electron chi connectivity index (χ2n) is 23.0. The quantitative estimate of drug-likeness (QED) is 0.161. The number of rotatable bonds is 5. The van der Waals surface area contributed by atoms with E-state index >= 15 is 0 Å². The van der Waals surface area contributed by atoms with E-state index in [4.69, 9.17) is 8.83 Å². The van der Waals surface area contributed by atoms with Gasteiger partial charge in [-0.3, -0.25) is 0 Å². The van der Waals surface area contributed by atoms with E-state index in [2.05, 4.69) is 202 Å². The number of para-hydroxylation sites is 2. The number of anilines is 6. The monoisotopic (exact) mass is 974 g/mol. The van der Waals surface area contributed by atoms with Gasteiger partial charge < -0.3 is 18.6 Å². The third-order valence-electron chi connectivity index (χ3n) is 15.7. The highest BCUT2D eigenvalue weighted by atomic mass is 32.1. The van der Waals surface area contributed by atoms with Crippen LogP contribution in [-0.4, -0.2) is 6.71 Å². The topological polar surface area (TPSA) is 32.8 Å². The lowest BCUT2D eigenvalue weighted by atomic mass is 9.33. The molecule has 7 aromatic carbocycles. The fourth-order valence-electron chi connectivity index (χ4n) is 12.1. The first-order valence-corrected chi connectivity index (χ1v) is 27.2. The molecule has 0 unspecified atom stereocenters. The van der Waals surface area contributed by atoms with Gasteiger partial charge in [0.05, 0.1) is 33.9 Å². The number of hydrogen-bond donors (Lipinski definition) is 0. The molecular formula is C65H59BN2O2S2. The first kappa shape index (κ1) is 45.1. The van der Waals surface area contributed by atoms with Crippen LogP contribution >= 0.6 is 22.7 Å². The van der Waals surface area contributed by atoms with Crippen molar-refractivity contribution in [2.45, 2.75) is 99.8 Å². The molecule has 4 aromatic heterocycles. The highest BCUT2D eigenvalue weighted by Gasteiger charge is 2.48. The number of benzene rings is 7. The van der Waals surface area contributed by atoms with Crippen LogP contribution in [0.15, 0.2) is 143 Å². The van der Waals surface area contributed by atoms with Crippen molar-refractivity contribution in [3.05, 3.63) is 173 Å². The Bertz CT molecular complexity index is 3770. The van der Waals surface area contributed by atoms with Gasteiger partial charge in [0.15, 0.2) is 0 Å². The molecule has 0 N–H and O–H groups in total. The summed E-state index contributed by atoms with van der Waals surface area (Å²) in [5, 5.41) is 7.60. The number of fused-ring (bicyclic) bond motifs is 10. The molecule has 0 amide bonds. The molecule has 0 saturated carbocycles. The zero-order valence-electron chi connectivity index (χ0n) is 43.4. The molecule has 7 heteroatoms. The van der Waals surface area contributed by atoms with Crippen LogP contribution in [0.2, 0.25) is 0 Å². The standard InChI is InChI=1S/C65H59BN2O2S2/c1-35(2)40-29-51-59-52(30-40)68(61-38(5)27-42(28-39(61)6)50-34-70-54-20-16-14-18-46(50)54)63-58(48-32-44(65(10,11)12)22-24-56(48)72-63)66(59)57-47-31-43(64(7,8)9)21-23-55(47)71-62(57)67(51)60-36(3)25-41(26-37(60)4)49-33-69-53-19-15-13-17-45(49)53/h13-35H,1-12H3. The van der Waals surface area contributed by atoms with Crippen molar-refractivity contribution < 1.29 is 8.83 Å². The van der Waals surface area contributed by atoms with E-state index < -0.39 is 0 Å². The Balaban J connectivity index is 1.14. The van der Waals surface area contributed by atoms with Crippen LogP contribution in [-0.2, 0) is 10.8 Å². The Morgan fingerprint density at radius 2 is 0.875 bits per heavy atom. The molecule has 2 aliphatic rings. The van der Waals surface area contributed by atoms with E-state index in [0.717, 1.165) is 33.1 Å². The van der Waals surface area contributed by atoms with Crippen LogP contribution in [0.4, 0.5) is 32.8 Å². The van der Waals surface area contributed by atoms with Crippen LogP contribution in [0.1, 0.15) is 100 Å². The summed E-state index contributed by atoms with van der Waals surface area (Å²) in [7, 11) is 0. The lowest BCUT2D eigenvalue weighted by Gasteiger charge is -2.44. The summed E-state index contributed by atoms with van der Waals surface area (Å²) in [4.78, 5) is 5.37. The molecule has 0 saturated heterocycles. The minimum atomic E-state index is -0.0258. The van der Waals surface area contributed by atoms with Crippen molar-refractivity contribution in [1.82, 2.24) is 0 Å². The van der Waals surface area contributed by atoms with Gasteiger partial charge in [-0.05, 0) is 182 Å². The van der Waals surface area contributed by atoms with Crippen molar-refractivity contribution in [2.75, 3.05) is 9.80 Å². The Labute approximate surface area is 431 Å². The van der Waals surface area contributed by atoms with Gasteiger partial charge in [-0.2, -0.15) is 0 Å². The second-order valence-corrected chi connectivity index (χ2v) is 25.1. The first-order valence-electron chi connectivity index (χ1n) is 25.5. The van der Waals surface area contributed by atoms with Crippen LogP contribution in [0.3, 0.4) is 0 Å². The van der Waals surface area contributed by atoms with Gasteiger partial charge in [0, 0.05) is 42.7 Å². The molecule has 0 radical (unpaired) electrons. The van der Waals surface area contributed by atoms with Crippen molar-refractivity contribution in [2.24, 2.45) is 0 Å². The Morgan fingerprint density at radius 1 is 0.472 bits per heavy atom. The fraction of sp³-hybridized carbons (Fsp3) is 0.231. The summed E-state index contributed by atoms with van der Waals surface area (Å²) < 4.78 is 14.9. The maximum atomic E-state index is 6.14. The van der Waals surface area contributed by atoms with E-state index in [1.54, 1.807) is 0 Å². The molecule has 72 heavy (non-hydrogen) atoms. The summed E-state index contributed by atoms with van der Waals surface area (Å²) in [5.41, 5.74) is 24.5. The minimum Gasteiger partial charge on any atom is -0.464 e. The third-order valence-corrected chi connectivity index (χ3v) is 18.1. The maximum Gasteiger partial charge on any atom is 0.256 e. The number of thiophene rings is 2. The summed E-state index contributed by atoms with van der Waals surface area (Å²) in [6, 6.07) is 46.0. The summed E-state index contributed by atoms with van der Waals surface area (Å²) in [6.45, 7) is 28.0. The van der Waals surface area contributed by atoms with Crippen LogP contribution in [0.25, 0.3) is 64.4 Å². The maximum absolute atomic E-state index is 6.14. The summed E-state index contributed by atoms with van der Waals surface area (Å²) in [5.74, 6) is 0.280. The summed E-state index contributed by atoms with van der Waals surface area (Å²) >= 11 is 3.91. The van der Waals surface area contributed by atoms with E-state index in [0.29, 0.717) is 0 Å². The Kier molecular flexibility index (Phi) is 9.93. The van der Waals surface area contributed by atoms with Gasteiger partial charge in [0.2, 0.25) is 0 Å². The molecule has 356 valence electrons. The van der Waals surface area contributed by atoms with Crippen molar-refractivity contribution in [3.63, 3.8) is 0 Å². The normalized spacial score (nSPS) is 13.6. The first-order chi connectivity index (χ1) is 34.4. The Hall–Kier alpha value is -6.80. The van der Waals surface area contributed by atoms with E-state index in [-0.39, 0.29) is 23.5 Å². The molecule has 0 atom stereocenters. The average molecular weight is 975 g/mol. The zero-order valence-corrected chi connectivity index (χ0v) is 45.0. The Morgan fingerprint density at radius 3 is 1.26 bits per heavy atom. The minimum absolute atomic E-state index is 0.0176. The number of hydrogen-bond acceptors (Lipinski definition) is 6. The third kappa shape index (κ3) is 6.69. The largest absolute Gasteiger partial charge is 0.464 e. The molecule has 0 bridgehead atoms. The van der Waals surface area contributed by atoms with Gasteiger partial charge in [-0.1, -0.05) is 116 Å². The van der Waals surface area contributed by atoms with Gasteiger partial charge in [0.1, 0.15) is 11.2 Å². The molecule has 11 aromatic rings. The zero-order chi connectivity index (χ0) is 49.9. The van der Waals surface area contributed by atoms with Gasteiger partial charge >= 0.3 is 0 Å². The molecule has 0 fully saturated rings. The van der Waals surface area contributed by atoms with E-state index in [1.807, 2.05) is 47.3 Å². The smallest absolute Gasteiger partial charge is 0.256 e. The predicted octanol–water partition coefficient (Wildman–Crippen LogP) is 18.0. The SMILES string of the molecule is Cc1cc(-c2coc3ccccc23)cc(C)c1N1c2cc(C(C)C)cc3c2B(c2c1sc1ccc(C(C)(C)C)cc21)c1c(sc2ccc(C(C)(C)C)cc12)N3c1c(C)cc(-c2coc3ccccc23)cc1C. The van der Waals surface area contributed by atoms with Crippen molar-refractivity contribution >= 4 is 121 Å². The summed E-state index contributed by atoms with van der Waals surface area (Å²) in [6.07, 6.45) is 3.86. The lowest BCUT2D eigenvalue weighted by Crippen LogP contribution is -2.60. The highest BCUT2D eigenvalue weighted by Crippen LogP contribution is 2.54. The van der Waals surface area contributed by atoms with Crippen molar-refractivity contribution in [1.29, 1.82) is 0 Å². The average Bonchev–Trinajstić information content (AvgIpc) is 4.14. The van der Waals surface area contributed by atoms with Gasteiger partial charge in [-0.15, -0.1) is 22.7 Å². The number of aryl methyl sites for hydroxylation is 4. The van der Waals surface area contributed by atoms with Crippen LogP contribution in [0, 0.1) is 27.7 Å². The molecule has 13 rings (SSSR count).